The number of carbonyl (C=O) groups excluding carboxylic acids is 1. The Bertz CT molecular complexity index is 1190. The molecule has 1 aliphatic rings. The largest absolute Gasteiger partial charge is 0.349 e. The van der Waals surface area contributed by atoms with Crippen molar-refractivity contribution in [2.75, 3.05) is 0 Å². The third-order valence-electron chi connectivity index (χ3n) is 5.15. The molecule has 144 valence electrons. The zero-order valence-corrected chi connectivity index (χ0v) is 15.8. The van der Waals surface area contributed by atoms with Gasteiger partial charge in [0.2, 0.25) is 5.43 Å². The van der Waals surface area contributed by atoms with E-state index in [9.17, 15) is 14.4 Å². The molecule has 1 aliphatic carbocycles. The van der Waals surface area contributed by atoms with Gasteiger partial charge in [-0.2, -0.15) is 5.10 Å². The molecule has 0 bridgehead atoms. The first kappa shape index (κ1) is 18.1. The molecule has 0 radical (unpaired) electrons. The summed E-state index contributed by atoms with van der Waals surface area (Å²) in [5, 5.41) is 9.88. The number of amides is 1. The third-order valence-corrected chi connectivity index (χ3v) is 5.15. The molecule has 0 fully saturated rings. The number of H-pyrrole nitrogens is 1. The number of aryl methyl sites for hydroxylation is 3. The molecule has 0 aromatic carbocycles. The van der Waals surface area contributed by atoms with Crippen LogP contribution in [0.25, 0.3) is 11.0 Å². The maximum Gasteiger partial charge on any atom is 0.264 e. The molecule has 3 aromatic rings. The maximum absolute atomic E-state index is 12.9. The molecule has 0 spiro atoms. The van der Waals surface area contributed by atoms with Gasteiger partial charge in [0.25, 0.3) is 11.5 Å². The van der Waals surface area contributed by atoms with Crippen LogP contribution in [0, 0.1) is 6.92 Å². The first-order valence-electron chi connectivity index (χ1n) is 9.35. The smallest absolute Gasteiger partial charge is 0.264 e. The van der Waals surface area contributed by atoms with Gasteiger partial charge in [-0.1, -0.05) is 0 Å². The maximum atomic E-state index is 12.9. The minimum atomic E-state index is -0.402. The van der Waals surface area contributed by atoms with E-state index in [0.717, 1.165) is 17.0 Å². The second-order valence-electron chi connectivity index (χ2n) is 7.10. The van der Waals surface area contributed by atoms with Crippen LogP contribution in [-0.2, 0) is 19.4 Å². The second kappa shape index (κ2) is 7.03. The summed E-state index contributed by atoms with van der Waals surface area (Å²) in [5.74, 6) is -0.402. The molecule has 2 N–H and O–H groups in total. The first-order valence-corrected chi connectivity index (χ1v) is 9.35. The highest BCUT2D eigenvalue weighted by Crippen LogP contribution is 2.18. The Balaban J connectivity index is 1.64. The fourth-order valence-electron chi connectivity index (χ4n) is 3.69. The van der Waals surface area contributed by atoms with E-state index in [0.29, 0.717) is 36.8 Å². The average Bonchev–Trinajstić information content (AvgIpc) is 2.67. The van der Waals surface area contributed by atoms with Gasteiger partial charge >= 0.3 is 0 Å². The minimum Gasteiger partial charge on any atom is -0.349 e. The van der Waals surface area contributed by atoms with Gasteiger partial charge in [0, 0.05) is 30.5 Å². The van der Waals surface area contributed by atoms with Crippen LogP contribution in [0.2, 0.25) is 0 Å². The predicted octanol–water partition coefficient (Wildman–Crippen LogP) is 1.10. The molecule has 4 rings (SSSR count). The number of nitrogens with one attached hydrogen (secondary N) is 2. The Morgan fingerprint density at radius 2 is 2.18 bits per heavy atom. The number of fused-ring (bicyclic) bond motifs is 2. The molecule has 0 aliphatic heterocycles. The summed E-state index contributed by atoms with van der Waals surface area (Å²) in [7, 11) is 0. The van der Waals surface area contributed by atoms with Gasteiger partial charge in [-0.25, -0.2) is 10.1 Å². The molecular weight excluding hydrogens is 358 g/mol. The lowest BCUT2D eigenvalue weighted by molar-refractivity contribution is 0.0932. The van der Waals surface area contributed by atoms with Crippen LogP contribution in [0.15, 0.2) is 34.0 Å². The molecule has 3 aromatic heterocycles. The summed E-state index contributed by atoms with van der Waals surface area (Å²) < 4.78 is 1.82. The van der Waals surface area contributed by atoms with Crippen LogP contribution in [0.4, 0.5) is 0 Å². The number of hydrogen-bond donors (Lipinski definition) is 2. The highest BCUT2D eigenvalue weighted by molar-refractivity contribution is 5.97. The van der Waals surface area contributed by atoms with Crippen molar-refractivity contribution in [2.45, 2.75) is 45.7 Å². The molecule has 0 saturated carbocycles. The normalized spacial score (nSPS) is 16.0. The summed E-state index contributed by atoms with van der Waals surface area (Å²) in [6, 6.07) is 4.87. The van der Waals surface area contributed by atoms with Crippen LogP contribution >= 0.6 is 0 Å². The Labute approximate surface area is 160 Å². The molecule has 3 heterocycles. The Morgan fingerprint density at radius 1 is 1.36 bits per heavy atom. The highest BCUT2D eigenvalue weighted by Gasteiger charge is 2.24. The molecule has 0 saturated heterocycles. The second-order valence-corrected chi connectivity index (χ2v) is 7.10. The standard InChI is InChI=1S/C20H21N5O3/c1-3-25-10-15(18(27)14-6-4-11(2)21-19(14)25)20(28)22-13-5-7-16-12(8-13)9-17(26)24-23-16/h4,6,9-10,13H,3,5,7-8H2,1-2H3,(H,22,28)(H,24,26). The van der Waals surface area contributed by atoms with Crippen molar-refractivity contribution in [3.63, 3.8) is 0 Å². The summed E-state index contributed by atoms with van der Waals surface area (Å²) in [4.78, 5) is 41.7. The van der Waals surface area contributed by atoms with E-state index in [4.69, 9.17) is 0 Å². The topological polar surface area (TPSA) is 110 Å². The van der Waals surface area contributed by atoms with E-state index in [-0.39, 0.29) is 22.6 Å². The van der Waals surface area contributed by atoms with E-state index in [1.807, 2.05) is 18.4 Å². The fourth-order valence-corrected chi connectivity index (χ4v) is 3.69. The monoisotopic (exact) mass is 379 g/mol. The van der Waals surface area contributed by atoms with Gasteiger partial charge in [0.15, 0.2) is 0 Å². The average molecular weight is 379 g/mol. The summed E-state index contributed by atoms with van der Waals surface area (Å²) in [6.45, 7) is 4.41. The molecule has 8 nitrogen and oxygen atoms in total. The zero-order valence-electron chi connectivity index (χ0n) is 15.8. The van der Waals surface area contributed by atoms with Crippen molar-refractivity contribution in [2.24, 2.45) is 0 Å². The zero-order chi connectivity index (χ0) is 19.8. The van der Waals surface area contributed by atoms with Gasteiger partial charge in [0.1, 0.15) is 11.2 Å². The van der Waals surface area contributed by atoms with E-state index in [1.54, 1.807) is 18.3 Å². The van der Waals surface area contributed by atoms with Crippen molar-refractivity contribution in [3.8, 4) is 0 Å². The molecule has 1 amide bonds. The van der Waals surface area contributed by atoms with Gasteiger partial charge in [0.05, 0.1) is 11.1 Å². The van der Waals surface area contributed by atoms with Crippen molar-refractivity contribution in [1.82, 2.24) is 25.1 Å². The lowest BCUT2D eigenvalue weighted by Gasteiger charge is -2.24. The number of carbonyl (C=O) groups is 1. The molecule has 8 heteroatoms. The van der Waals surface area contributed by atoms with Gasteiger partial charge in [-0.3, -0.25) is 14.4 Å². The van der Waals surface area contributed by atoms with Gasteiger partial charge < -0.3 is 9.88 Å². The minimum absolute atomic E-state index is 0.106. The molecule has 1 unspecified atom stereocenters. The number of aromatic nitrogens is 4. The van der Waals surface area contributed by atoms with Crippen LogP contribution in [0.3, 0.4) is 0 Å². The van der Waals surface area contributed by atoms with Crippen molar-refractivity contribution >= 4 is 16.9 Å². The Morgan fingerprint density at radius 3 is 2.96 bits per heavy atom. The Hall–Kier alpha value is -3.29. The number of aromatic amines is 1. The van der Waals surface area contributed by atoms with Crippen LogP contribution < -0.4 is 16.3 Å². The summed E-state index contributed by atoms with van der Waals surface area (Å²) >= 11 is 0. The quantitative estimate of drug-likeness (QED) is 0.708. The van der Waals surface area contributed by atoms with E-state index in [2.05, 4.69) is 20.5 Å². The predicted molar refractivity (Wildman–Crippen MR) is 105 cm³/mol. The van der Waals surface area contributed by atoms with E-state index < -0.39 is 5.91 Å². The first-order chi connectivity index (χ1) is 13.5. The lowest BCUT2D eigenvalue weighted by Crippen LogP contribution is -2.41. The van der Waals surface area contributed by atoms with Gasteiger partial charge in [-0.05, 0) is 50.8 Å². The number of hydrogen-bond acceptors (Lipinski definition) is 5. The third kappa shape index (κ3) is 3.21. The van der Waals surface area contributed by atoms with Gasteiger partial charge in [-0.15, -0.1) is 0 Å². The molecule has 1 atom stereocenters. The lowest BCUT2D eigenvalue weighted by atomic mass is 9.92. The fraction of sp³-hybridized carbons (Fsp3) is 0.350. The van der Waals surface area contributed by atoms with Crippen molar-refractivity contribution in [1.29, 1.82) is 0 Å². The van der Waals surface area contributed by atoms with Crippen LogP contribution in [0.1, 0.15) is 40.7 Å². The van der Waals surface area contributed by atoms with Crippen molar-refractivity contribution < 1.29 is 4.79 Å². The van der Waals surface area contributed by atoms with Crippen molar-refractivity contribution in [3.05, 3.63) is 67.5 Å². The summed E-state index contributed by atoms with van der Waals surface area (Å²) in [5.41, 5.74) is 2.62. The number of pyridine rings is 2. The van der Waals surface area contributed by atoms with E-state index >= 15 is 0 Å². The van der Waals surface area contributed by atoms with Crippen LogP contribution in [-0.4, -0.2) is 31.7 Å². The highest BCUT2D eigenvalue weighted by atomic mass is 16.2. The SMILES string of the molecule is CCn1cc(C(=O)NC2CCc3n[nH]c(=O)cc3C2)c(=O)c2ccc(C)nc21. The number of nitrogens with zero attached hydrogens (tertiary/aromatic N) is 3. The Kier molecular flexibility index (Phi) is 4.54. The number of rotatable bonds is 3. The molecule has 28 heavy (non-hydrogen) atoms. The summed E-state index contributed by atoms with van der Waals surface area (Å²) in [6.07, 6.45) is 3.47. The van der Waals surface area contributed by atoms with Crippen LogP contribution in [0.5, 0.6) is 0 Å². The van der Waals surface area contributed by atoms with E-state index in [1.165, 1.54) is 6.07 Å². The molecular formula is C20H21N5O3.